The number of piperidine rings is 1. The van der Waals surface area contributed by atoms with Crippen LogP contribution in [0.2, 0.25) is 0 Å². The van der Waals surface area contributed by atoms with Gasteiger partial charge in [-0.05, 0) is 62.9 Å². The second kappa shape index (κ2) is 11.7. The molecule has 0 unspecified atom stereocenters. The Labute approximate surface area is 231 Å². The number of carbonyl (C=O) groups is 1. The fraction of sp³-hybridized carbons (Fsp3) is 0.375. The first-order valence-electron chi connectivity index (χ1n) is 14.0. The van der Waals surface area contributed by atoms with E-state index in [1.54, 1.807) is 25.7 Å². The number of aromatic nitrogens is 1. The van der Waals surface area contributed by atoms with E-state index < -0.39 is 0 Å². The number of para-hydroxylation sites is 1. The van der Waals surface area contributed by atoms with Gasteiger partial charge in [0, 0.05) is 30.9 Å². The lowest BCUT2D eigenvalue weighted by Crippen LogP contribution is -2.33. The van der Waals surface area contributed by atoms with Crippen LogP contribution in [0.4, 0.5) is 22.7 Å². The fourth-order valence-corrected chi connectivity index (χ4v) is 5.66. The van der Waals surface area contributed by atoms with Crippen molar-refractivity contribution in [1.82, 2.24) is 9.65 Å². The zero-order valence-corrected chi connectivity index (χ0v) is 23.4. The molecular weight excluding hydrogens is 486 g/mol. The van der Waals surface area contributed by atoms with Crippen molar-refractivity contribution >= 4 is 41.1 Å². The van der Waals surface area contributed by atoms with Crippen molar-refractivity contribution < 1.29 is 9.53 Å². The molecule has 3 aromatic rings. The number of ether oxygens (including phenoxy) is 1. The molecule has 5 rings (SSSR count). The van der Waals surface area contributed by atoms with Gasteiger partial charge in [-0.1, -0.05) is 36.6 Å². The van der Waals surface area contributed by atoms with E-state index in [0.717, 1.165) is 41.7 Å². The number of hydrogen-bond donors (Lipinski definition) is 1. The molecule has 1 fully saturated rings. The highest BCUT2D eigenvalue weighted by Crippen LogP contribution is 2.39. The summed E-state index contributed by atoms with van der Waals surface area (Å²) in [4.78, 5) is 22.0. The monoisotopic (exact) mass is 524 g/mol. The van der Waals surface area contributed by atoms with Crippen LogP contribution in [0.5, 0.6) is 5.75 Å². The van der Waals surface area contributed by atoms with Gasteiger partial charge >= 0.3 is 12.4 Å². The Balaban J connectivity index is 1.39. The molecular formula is C32H38N5O2+. The van der Waals surface area contributed by atoms with Gasteiger partial charge in [0.15, 0.2) is 0 Å². The summed E-state index contributed by atoms with van der Waals surface area (Å²) >= 11 is 0. The first kappa shape index (κ1) is 26.5. The molecule has 0 radical (unpaired) electrons. The molecule has 2 aliphatic rings. The van der Waals surface area contributed by atoms with Crippen LogP contribution in [-0.2, 0) is 0 Å². The quantitative estimate of drug-likeness (QED) is 0.311. The number of nitrogens with one attached hydrogen (secondary N) is 1. The summed E-state index contributed by atoms with van der Waals surface area (Å²) in [7, 11) is 1.70. The first-order chi connectivity index (χ1) is 19.0. The van der Waals surface area contributed by atoms with Crippen molar-refractivity contribution in [3.05, 3.63) is 71.5 Å². The normalized spacial score (nSPS) is 15.2. The third kappa shape index (κ3) is 5.69. The molecule has 0 atom stereocenters. The average molecular weight is 525 g/mol. The minimum Gasteiger partial charge on any atom is -0.496 e. The molecule has 2 aliphatic heterocycles. The highest BCUT2D eigenvalue weighted by Gasteiger charge is 2.27. The van der Waals surface area contributed by atoms with Crippen molar-refractivity contribution in [2.75, 3.05) is 35.3 Å². The zero-order chi connectivity index (χ0) is 27.4. The molecule has 2 aromatic carbocycles. The van der Waals surface area contributed by atoms with E-state index in [0.29, 0.717) is 16.9 Å². The molecule has 0 aliphatic carbocycles. The molecule has 39 heavy (non-hydrogen) atoms. The Morgan fingerprint density at radius 1 is 1.10 bits per heavy atom. The first-order valence-corrected chi connectivity index (χ1v) is 14.0. The Bertz CT molecular complexity index is 1400. The van der Waals surface area contributed by atoms with Gasteiger partial charge < -0.3 is 19.9 Å². The molecule has 202 valence electrons. The number of pyridine rings is 1. The lowest BCUT2D eigenvalue weighted by molar-refractivity contribution is 0.102. The molecule has 3 heterocycles. The maximum atomic E-state index is 12.9. The summed E-state index contributed by atoms with van der Waals surface area (Å²) in [5.41, 5.74) is 5.92. The summed E-state index contributed by atoms with van der Waals surface area (Å²) in [5, 5.41) is 3.01. The molecule has 1 N–H and O–H groups in total. The minimum atomic E-state index is -0.132. The predicted molar refractivity (Wildman–Crippen MR) is 161 cm³/mol. The number of hydrogen-bond acceptors (Lipinski definition) is 5. The lowest BCUT2D eigenvalue weighted by atomic mass is 9.92. The second-order valence-corrected chi connectivity index (χ2v) is 10.6. The van der Waals surface area contributed by atoms with E-state index in [1.807, 2.05) is 30.3 Å². The maximum Gasteiger partial charge on any atom is 0.317 e. The van der Waals surface area contributed by atoms with E-state index in [-0.39, 0.29) is 11.9 Å². The third-order valence-electron chi connectivity index (χ3n) is 7.65. The Morgan fingerprint density at radius 3 is 2.64 bits per heavy atom. The molecule has 1 aromatic heterocycles. The number of anilines is 4. The molecule has 7 heteroatoms. The predicted octanol–water partition coefficient (Wildman–Crippen LogP) is 5.82. The summed E-state index contributed by atoms with van der Waals surface area (Å²) in [6.07, 6.45) is 10.4. The van der Waals surface area contributed by atoms with Gasteiger partial charge in [-0.2, -0.15) is 0 Å². The summed E-state index contributed by atoms with van der Waals surface area (Å²) in [6.45, 7) is 8.69. The van der Waals surface area contributed by atoms with Crippen LogP contribution in [-0.4, -0.2) is 49.6 Å². The second-order valence-electron chi connectivity index (χ2n) is 10.6. The Hall–Kier alpha value is -4.09. The van der Waals surface area contributed by atoms with Crippen LogP contribution in [0.25, 0.3) is 0 Å². The number of methoxy groups -OCH3 is 1. The lowest BCUT2D eigenvalue weighted by Gasteiger charge is -2.33. The zero-order valence-electron chi connectivity index (χ0n) is 23.4. The average Bonchev–Trinajstić information content (AvgIpc) is 3.07. The van der Waals surface area contributed by atoms with Crippen LogP contribution in [0.3, 0.4) is 0 Å². The Morgan fingerprint density at radius 2 is 1.90 bits per heavy atom. The topological polar surface area (TPSA) is 71.8 Å². The number of amides is 1. The summed E-state index contributed by atoms with van der Waals surface area (Å²) in [5.74, 6) is 1.53. The van der Waals surface area contributed by atoms with Crippen LogP contribution in [0.15, 0.2) is 54.7 Å². The van der Waals surface area contributed by atoms with Crippen molar-refractivity contribution in [3.63, 3.8) is 0 Å². The standard InChI is InChI=1S/C32H37N5O2/c1-5-8-23-13-15-36(16-14-23)26-12-11-24(31(18-26)39-4)19-33-20-25-17-30-28(21-34-25)35-32(38)27-9-6-7-10-29(27)37(30)22(2)3/h6-7,9-12,17-23H,5,8,13-16H2,1-4H3/p+1. The Kier molecular flexibility index (Phi) is 7.99. The van der Waals surface area contributed by atoms with E-state index in [9.17, 15) is 4.79 Å². The number of rotatable bonds is 7. The van der Waals surface area contributed by atoms with Crippen LogP contribution < -0.4 is 24.5 Å². The number of fused-ring (bicyclic) bond motifs is 2. The van der Waals surface area contributed by atoms with E-state index in [2.05, 4.69) is 63.7 Å². The van der Waals surface area contributed by atoms with Gasteiger partial charge in [-0.15, -0.1) is 0 Å². The molecule has 0 saturated carbocycles. The SMILES string of the molecule is CCCC1CCN(c2ccc(C=[N+]=Cc3cc4c(cn3)NC(=O)c3ccccc3N4C(C)C)c(OC)c2)CC1. The number of benzene rings is 2. The smallest absolute Gasteiger partial charge is 0.317 e. The van der Waals surface area contributed by atoms with Crippen molar-refractivity contribution in [1.29, 1.82) is 0 Å². The minimum absolute atomic E-state index is 0.132. The highest BCUT2D eigenvalue weighted by atomic mass is 16.5. The van der Waals surface area contributed by atoms with Crippen LogP contribution in [0.1, 0.15) is 68.1 Å². The molecule has 0 spiro atoms. The van der Waals surface area contributed by atoms with Crippen molar-refractivity contribution in [2.45, 2.75) is 52.5 Å². The van der Waals surface area contributed by atoms with Gasteiger partial charge in [-0.25, -0.2) is 4.98 Å². The van der Waals surface area contributed by atoms with Crippen LogP contribution in [0, 0.1) is 5.92 Å². The van der Waals surface area contributed by atoms with Gasteiger partial charge in [0.25, 0.3) is 5.91 Å². The fourth-order valence-electron chi connectivity index (χ4n) is 5.66. The highest BCUT2D eigenvalue weighted by molar-refractivity contribution is 6.12. The van der Waals surface area contributed by atoms with Gasteiger partial charge in [0.2, 0.25) is 0 Å². The summed E-state index contributed by atoms with van der Waals surface area (Å²) in [6, 6.07) is 16.1. The largest absolute Gasteiger partial charge is 0.496 e. The molecule has 0 bridgehead atoms. The van der Waals surface area contributed by atoms with E-state index in [1.165, 1.54) is 31.4 Å². The molecule has 1 saturated heterocycles. The maximum absolute atomic E-state index is 12.9. The van der Waals surface area contributed by atoms with E-state index in [4.69, 9.17) is 4.74 Å². The van der Waals surface area contributed by atoms with Gasteiger partial charge in [0.05, 0.1) is 41.5 Å². The van der Waals surface area contributed by atoms with Crippen molar-refractivity contribution in [2.24, 2.45) is 5.92 Å². The molecule has 7 nitrogen and oxygen atoms in total. The van der Waals surface area contributed by atoms with Crippen molar-refractivity contribution in [3.8, 4) is 5.75 Å². The van der Waals surface area contributed by atoms with Crippen LogP contribution >= 0.6 is 0 Å². The van der Waals surface area contributed by atoms with E-state index >= 15 is 0 Å². The number of nitrogens with zero attached hydrogens (tertiary/aromatic N) is 4. The third-order valence-corrected chi connectivity index (χ3v) is 7.65. The summed E-state index contributed by atoms with van der Waals surface area (Å²) < 4.78 is 10.3. The van der Waals surface area contributed by atoms with Gasteiger partial charge in [-0.3, -0.25) is 4.79 Å². The van der Waals surface area contributed by atoms with Gasteiger partial charge in [0.1, 0.15) is 11.4 Å². The molecule has 1 amide bonds. The number of carbonyl (C=O) groups excluding carboxylic acids is 1.